The van der Waals surface area contributed by atoms with Crippen molar-refractivity contribution in [1.29, 1.82) is 0 Å². The van der Waals surface area contributed by atoms with Crippen molar-refractivity contribution >= 4 is 16.8 Å². The van der Waals surface area contributed by atoms with Crippen molar-refractivity contribution in [2.45, 2.75) is 36.8 Å². The summed E-state index contributed by atoms with van der Waals surface area (Å²) < 4.78 is 11.9. The van der Waals surface area contributed by atoms with E-state index in [0.717, 1.165) is 16.9 Å². The summed E-state index contributed by atoms with van der Waals surface area (Å²) in [5, 5.41) is 8.74. The molecule has 88 valence electrons. The van der Waals surface area contributed by atoms with Gasteiger partial charge in [-0.15, -0.1) is 0 Å². The van der Waals surface area contributed by atoms with E-state index >= 15 is 0 Å². The molecular formula is C12H16O3S. The summed E-state index contributed by atoms with van der Waals surface area (Å²) in [5.74, 6) is -0.851. The minimum Gasteiger partial charge on any atom is -0.481 e. The fraction of sp³-hybridized carbons (Fsp3) is 0.417. The molecular weight excluding hydrogens is 224 g/mol. The van der Waals surface area contributed by atoms with E-state index in [9.17, 15) is 9.00 Å². The molecule has 3 nitrogen and oxygen atoms in total. The lowest BCUT2D eigenvalue weighted by Gasteiger charge is -2.08. The molecule has 2 atom stereocenters. The fourth-order valence-corrected chi connectivity index (χ4v) is 2.47. The minimum atomic E-state index is -0.997. The number of hydrogen-bond donors (Lipinski definition) is 1. The first-order valence-corrected chi connectivity index (χ1v) is 6.47. The second-order valence-corrected chi connectivity index (χ2v) is 5.60. The van der Waals surface area contributed by atoms with Crippen molar-refractivity contribution in [2.75, 3.05) is 0 Å². The molecule has 0 amide bonds. The monoisotopic (exact) mass is 240 g/mol. The highest BCUT2D eigenvalue weighted by Gasteiger charge is 2.11. The largest absolute Gasteiger partial charge is 0.481 e. The van der Waals surface area contributed by atoms with Crippen LogP contribution in [0.2, 0.25) is 0 Å². The van der Waals surface area contributed by atoms with Crippen LogP contribution in [0.3, 0.4) is 0 Å². The van der Waals surface area contributed by atoms with Gasteiger partial charge in [0.15, 0.2) is 0 Å². The molecule has 0 spiro atoms. The predicted octanol–water partition coefficient (Wildman–Crippen LogP) is 2.22. The molecule has 0 fully saturated rings. The molecule has 1 aromatic rings. The Balaban J connectivity index is 2.78. The van der Waals surface area contributed by atoms with E-state index in [1.54, 1.807) is 24.3 Å². The number of benzene rings is 1. The average molecular weight is 240 g/mol. The van der Waals surface area contributed by atoms with Crippen molar-refractivity contribution in [3.05, 3.63) is 29.8 Å². The molecule has 0 heterocycles. The lowest BCUT2D eigenvalue weighted by atomic mass is 10.2. The van der Waals surface area contributed by atoms with E-state index in [4.69, 9.17) is 5.11 Å². The molecule has 0 aliphatic heterocycles. The Labute approximate surface area is 98.0 Å². The lowest BCUT2D eigenvalue weighted by Crippen LogP contribution is -2.09. The quantitative estimate of drug-likeness (QED) is 0.858. The third-order valence-electron chi connectivity index (χ3n) is 2.45. The topological polar surface area (TPSA) is 54.4 Å². The molecule has 4 heteroatoms. The third-order valence-corrected chi connectivity index (χ3v) is 4.25. The molecule has 0 bridgehead atoms. The van der Waals surface area contributed by atoms with Gasteiger partial charge in [-0.05, 0) is 24.1 Å². The van der Waals surface area contributed by atoms with Crippen molar-refractivity contribution in [3.63, 3.8) is 0 Å². The molecule has 1 rings (SSSR count). The zero-order valence-corrected chi connectivity index (χ0v) is 10.3. The van der Waals surface area contributed by atoms with Crippen LogP contribution in [0, 0.1) is 0 Å². The summed E-state index contributed by atoms with van der Waals surface area (Å²) >= 11 is 0. The molecule has 0 aliphatic carbocycles. The summed E-state index contributed by atoms with van der Waals surface area (Å²) in [7, 11) is -0.997. The number of hydrogen-bond acceptors (Lipinski definition) is 2. The molecule has 16 heavy (non-hydrogen) atoms. The molecule has 1 N–H and O–H groups in total. The van der Waals surface area contributed by atoms with Crippen LogP contribution in [0.5, 0.6) is 0 Å². The highest BCUT2D eigenvalue weighted by atomic mass is 32.2. The van der Waals surface area contributed by atoms with Crippen LogP contribution >= 0.6 is 0 Å². The van der Waals surface area contributed by atoms with E-state index in [-0.39, 0.29) is 11.7 Å². The fourth-order valence-electron chi connectivity index (χ4n) is 1.30. The minimum absolute atomic E-state index is 0.0102. The molecule has 0 saturated heterocycles. The van der Waals surface area contributed by atoms with Crippen molar-refractivity contribution in [2.24, 2.45) is 0 Å². The highest BCUT2D eigenvalue weighted by molar-refractivity contribution is 7.85. The summed E-state index contributed by atoms with van der Waals surface area (Å²) in [5.41, 5.74) is 0.734. The first-order valence-electron chi connectivity index (χ1n) is 5.26. The van der Waals surface area contributed by atoms with Gasteiger partial charge in [0.1, 0.15) is 0 Å². The Morgan fingerprint density at radius 3 is 2.38 bits per heavy atom. The SMILES string of the molecule is CCC(C)S(=O)c1ccc(CC(=O)O)cc1. The van der Waals surface area contributed by atoms with E-state index in [1.165, 1.54) is 0 Å². The third kappa shape index (κ3) is 3.45. The number of carboxylic acid groups (broad SMARTS) is 1. The smallest absolute Gasteiger partial charge is 0.307 e. The normalized spacial score (nSPS) is 14.4. The molecule has 0 aromatic heterocycles. The summed E-state index contributed by atoms with van der Waals surface area (Å²) in [6.07, 6.45) is 0.875. The van der Waals surface area contributed by atoms with Gasteiger partial charge in [0.25, 0.3) is 0 Å². The Morgan fingerprint density at radius 1 is 1.38 bits per heavy atom. The molecule has 1 aromatic carbocycles. The predicted molar refractivity (Wildman–Crippen MR) is 63.9 cm³/mol. The maximum Gasteiger partial charge on any atom is 0.307 e. The Kier molecular flexibility index (Phi) is 4.68. The summed E-state index contributed by atoms with van der Waals surface area (Å²) in [4.78, 5) is 11.2. The highest BCUT2D eigenvalue weighted by Crippen LogP contribution is 2.14. The number of rotatable bonds is 5. The molecule has 2 unspecified atom stereocenters. The first kappa shape index (κ1) is 12.9. The first-order chi connectivity index (χ1) is 7.54. The molecule has 0 aliphatic rings. The number of aliphatic carboxylic acids is 1. The van der Waals surface area contributed by atoms with Gasteiger partial charge < -0.3 is 5.11 Å². The second-order valence-electron chi connectivity index (χ2n) is 3.73. The Bertz CT molecular complexity index is 384. The number of carbonyl (C=O) groups is 1. The summed E-state index contributed by atoms with van der Waals surface area (Å²) in [6, 6.07) is 6.95. The van der Waals surface area contributed by atoms with Crippen LogP contribution in [-0.2, 0) is 22.0 Å². The van der Waals surface area contributed by atoms with Gasteiger partial charge in [-0.2, -0.15) is 0 Å². The van der Waals surface area contributed by atoms with Crippen LogP contribution in [0.4, 0.5) is 0 Å². The maximum absolute atomic E-state index is 11.9. The van der Waals surface area contributed by atoms with Crippen molar-refractivity contribution < 1.29 is 14.1 Å². The van der Waals surface area contributed by atoms with Gasteiger partial charge in [-0.25, -0.2) is 0 Å². The standard InChI is InChI=1S/C12H16O3S/c1-3-9(2)16(15)11-6-4-10(5-7-11)8-12(13)14/h4-7,9H,3,8H2,1-2H3,(H,13,14). The van der Waals surface area contributed by atoms with E-state index in [1.807, 2.05) is 13.8 Å². The van der Waals surface area contributed by atoms with Crippen LogP contribution in [0.15, 0.2) is 29.2 Å². The van der Waals surface area contributed by atoms with Crippen LogP contribution in [0.1, 0.15) is 25.8 Å². The van der Waals surface area contributed by atoms with Crippen LogP contribution in [0.25, 0.3) is 0 Å². The second kappa shape index (κ2) is 5.80. The zero-order valence-electron chi connectivity index (χ0n) is 9.47. The van der Waals surface area contributed by atoms with E-state index in [0.29, 0.717) is 0 Å². The number of carboxylic acids is 1. The van der Waals surface area contributed by atoms with Crippen molar-refractivity contribution in [3.8, 4) is 0 Å². The van der Waals surface area contributed by atoms with Gasteiger partial charge in [-0.3, -0.25) is 9.00 Å². The van der Waals surface area contributed by atoms with Gasteiger partial charge >= 0.3 is 5.97 Å². The van der Waals surface area contributed by atoms with Gasteiger partial charge in [0, 0.05) is 10.1 Å². The summed E-state index contributed by atoms with van der Waals surface area (Å²) in [6.45, 7) is 3.95. The van der Waals surface area contributed by atoms with Gasteiger partial charge in [0.2, 0.25) is 0 Å². The lowest BCUT2D eigenvalue weighted by molar-refractivity contribution is -0.136. The van der Waals surface area contributed by atoms with Crippen molar-refractivity contribution in [1.82, 2.24) is 0 Å². The van der Waals surface area contributed by atoms with Crippen LogP contribution < -0.4 is 0 Å². The zero-order chi connectivity index (χ0) is 12.1. The maximum atomic E-state index is 11.9. The average Bonchev–Trinajstić information content (AvgIpc) is 2.27. The van der Waals surface area contributed by atoms with Gasteiger partial charge in [-0.1, -0.05) is 26.0 Å². The molecule has 0 saturated carbocycles. The molecule has 0 radical (unpaired) electrons. The van der Waals surface area contributed by atoms with Crippen LogP contribution in [-0.4, -0.2) is 20.5 Å². The van der Waals surface area contributed by atoms with E-state index in [2.05, 4.69) is 0 Å². The Hall–Kier alpha value is -1.16. The Morgan fingerprint density at radius 2 is 1.94 bits per heavy atom. The van der Waals surface area contributed by atoms with E-state index < -0.39 is 16.8 Å². The van der Waals surface area contributed by atoms with Gasteiger partial charge in [0.05, 0.1) is 17.2 Å².